The number of rotatable bonds is 17. The zero-order valence-corrected chi connectivity index (χ0v) is 22.6. The summed E-state index contributed by atoms with van der Waals surface area (Å²) < 4.78 is 11.8. The lowest BCUT2D eigenvalue weighted by Gasteiger charge is -2.41. The summed E-state index contributed by atoms with van der Waals surface area (Å²) in [6.45, 7) is 3.51. The summed E-state index contributed by atoms with van der Waals surface area (Å²) in [5.41, 5.74) is 2.33. The van der Waals surface area contributed by atoms with Gasteiger partial charge in [-0.1, -0.05) is 114 Å². The molecule has 1 fully saturated rings. The quantitative estimate of drug-likeness (QED) is 0.209. The number of hydrogen-bond donors (Lipinski definition) is 0. The molecule has 0 aliphatic carbocycles. The highest BCUT2D eigenvalue weighted by Crippen LogP contribution is 2.29. The van der Waals surface area contributed by atoms with E-state index in [-0.39, 0.29) is 18.1 Å². The van der Waals surface area contributed by atoms with Gasteiger partial charge in [0.1, 0.15) is 5.75 Å². The van der Waals surface area contributed by atoms with Gasteiger partial charge in [-0.05, 0) is 36.1 Å². The molecule has 0 saturated carbocycles. The zero-order chi connectivity index (χ0) is 25.4. The molecule has 2 aromatic rings. The molecule has 4 heteroatoms. The molecular formula is C32H47NO3. The average molecular weight is 494 g/mol. The maximum Gasteiger partial charge on any atom is 0.223 e. The van der Waals surface area contributed by atoms with Gasteiger partial charge in [0.25, 0.3) is 0 Å². The van der Waals surface area contributed by atoms with Crippen LogP contribution in [0.2, 0.25) is 0 Å². The van der Waals surface area contributed by atoms with Gasteiger partial charge in [-0.2, -0.15) is 0 Å². The van der Waals surface area contributed by atoms with E-state index in [1.807, 2.05) is 18.2 Å². The Bertz CT molecular complexity index is 851. The van der Waals surface area contributed by atoms with E-state index in [2.05, 4.69) is 48.2 Å². The molecule has 4 nitrogen and oxygen atoms in total. The van der Waals surface area contributed by atoms with Crippen LogP contribution in [0.1, 0.15) is 102 Å². The van der Waals surface area contributed by atoms with Crippen LogP contribution in [0.25, 0.3) is 0 Å². The zero-order valence-electron chi connectivity index (χ0n) is 22.6. The van der Waals surface area contributed by atoms with Gasteiger partial charge in [0, 0.05) is 13.0 Å². The van der Waals surface area contributed by atoms with E-state index < -0.39 is 0 Å². The molecule has 0 aromatic heterocycles. The van der Waals surface area contributed by atoms with Crippen molar-refractivity contribution in [2.75, 3.05) is 7.11 Å². The molecule has 0 bridgehead atoms. The van der Waals surface area contributed by atoms with Crippen LogP contribution in [0, 0.1) is 0 Å². The number of methoxy groups -OCH3 is 1. The summed E-state index contributed by atoms with van der Waals surface area (Å²) in [7, 11) is 1.68. The Morgan fingerprint density at radius 3 is 2.08 bits per heavy atom. The Morgan fingerprint density at radius 2 is 1.44 bits per heavy atom. The van der Waals surface area contributed by atoms with Crippen molar-refractivity contribution in [3.63, 3.8) is 0 Å². The normalized spacial score (nSPS) is 17.9. The van der Waals surface area contributed by atoms with E-state index in [0.717, 1.165) is 30.6 Å². The first-order chi connectivity index (χ1) is 17.7. The van der Waals surface area contributed by atoms with Crippen LogP contribution in [0.5, 0.6) is 5.75 Å². The first kappa shape index (κ1) is 28.2. The SMILES string of the molecule is CCCCCCCCCCCC[C@H]1[C@@H](OCc2ccccc2)CCC(=O)N1Cc1ccc(OC)cc1. The largest absolute Gasteiger partial charge is 0.497 e. The van der Waals surface area contributed by atoms with Crippen LogP contribution < -0.4 is 4.74 Å². The van der Waals surface area contributed by atoms with Gasteiger partial charge in [0.05, 0.1) is 25.9 Å². The predicted molar refractivity (Wildman–Crippen MR) is 148 cm³/mol. The Hall–Kier alpha value is -2.33. The lowest BCUT2D eigenvalue weighted by Crippen LogP contribution is -2.51. The van der Waals surface area contributed by atoms with Crippen LogP contribution in [0.15, 0.2) is 54.6 Å². The Balaban J connectivity index is 1.55. The molecule has 1 amide bonds. The molecule has 36 heavy (non-hydrogen) atoms. The van der Waals surface area contributed by atoms with Gasteiger partial charge in [0.15, 0.2) is 0 Å². The van der Waals surface area contributed by atoms with Crippen LogP contribution in [0.3, 0.4) is 0 Å². The van der Waals surface area contributed by atoms with Crippen LogP contribution in [0.4, 0.5) is 0 Å². The van der Waals surface area contributed by atoms with Gasteiger partial charge in [0.2, 0.25) is 5.91 Å². The van der Waals surface area contributed by atoms with Crippen LogP contribution >= 0.6 is 0 Å². The second kappa shape index (κ2) is 16.4. The number of carbonyl (C=O) groups excluding carboxylic acids is 1. The summed E-state index contributed by atoms with van der Waals surface area (Å²) in [5, 5.41) is 0. The van der Waals surface area contributed by atoms with Gasteiger partial charge >= 0.3 is 0 Å². The van der Waals surface area contributed by atoms with Gasteiger partial charge in [-0.25, -0.2) is 0 Å². The number of nitrogens with zero attached hydrogens (tertiary/aromatic N) is 1. The Morgan fingerprint density at radius 1 is 0.806 bits per heavy atom. The fourth-order valence-corrected chi connectivity index (χ4v) is 5.28. The Labute approximate surface area is 219 Å². The molecule has 1 aliphatic heterocycles. The number of carbonyl (C=O) groups is 1. The van der Waals surface area contributed by atoms with Crippen molar-refractivity contribution in [1.82, 2.24) is 4.90 Å². The summed E-state index contributed by atoms with van der Waals surface area (Å²) in [4.78, 5) is 15.2. The average Bonchev–Trinajstić information content (AvgIpc) is 2.91. The van der Waals surface area contributed by atoms with E-state index in [1.165, 1.54) is 63.4 Å². The van der Waals surface area contributed by atoms with Crippen molar-refractivity contribution in [3.05, 3.63) is 65.7 Å². The fourth-order valence-electron chi connectivity index (χ4n) is 5.28. The number of benzene rings is 2. The molecule has 1 heterocycles. The van der Waals surface area contributed by atoms with Gasteiger partial charge < -0.3 is 14.4 Å². The molecule has 0 spiro atoms. The standard InChI is InChI=1S/C32H47NO3/c1-3-4-5-6-7-8-9-10-11-15-18-30-31(36-26-28-16-13-12-14-17-28)23-24-32(34)33(30)25-27-19-21-29(35-2)22-20-27/h12-14,16-17,19-22,30-31H,3-11,15,18,23-26H2,1-2H3/t30-,31-/m0/s1. The number of likely N-dealkylation sites (tertiary alicyclic amines) is 1. The van der Waals surface area contributed by atoms with E-state index in [4.69, 9.17) is 9.47 Å². The van der Waals surface area contributed by atoms with E-state index >= 15 is 0 Å². The van der Waals surface area contributed by atoms with Crippen molar-refractivity contribution in [1.29, 1.82) is 0 Å². The van der Waals surface area contributed by atoms with Crippen LogP contribution in [-0.2, 0) is 22.7 Å². The topological polar surface area (TPSA) is 38.8 Å². The predicted octanol–water partition coefficient (Wildman–Crippen LogP) is 8.08. The third-order valence-corrected chi connectivity index (χ3v) is 7.46. The summed E-state index contributed by atoms with van der Waals surface area (Å²) in [5.74, 6) is 1.09. The number of amides is 1. The molecule has 2 atom stereocenters. The molecular weight excluding hydrogens is 446 g/mol. The highest BCUT2D eigenvalue weighted by atomic mass is 16.5. The van der Waals surface area contributed by atoms with Gasteiger partial charge in [-0.15, -0.1) is 0 Å². The first-order valence-corrected chi connectivity index (χ1v) is 14.3. The minimum absolute atomic E-state index is 0.0831. The third kappa shape index (κ3) is 9.61. The third-order valence-electron chi connectivity index (χ3n) is 7.46. The smallest absolute Gasteiger partial charge is 0.223 e. The summed E-state index contributed by atoms with van der Waals surface area (Å²) >= 11 is 0. The monoisotopic (exact) mass is 493 g/mol. The maximum atomic E-state index is 13.1. The highest BCUT2D eigenvalue weighted by molar-refractivity contribution is 5.77. The molecule has 3 rings (SSSR count). The van der Waals surface area contributed by atoms with Crippen molar-refractivity contribution < 1.29 is 14.3 Å². The highest BCUT2D eigenvalue weighted by Gasteiger charge is 2.36. The lowest BCUT2D eigenvalue weighted by molar-refractivity contribution is -0.147. The molecule has 2 aromatic carbocycles. The van der Waals surface area contributed by atoms with Crippen LogP contribution in [-0.4, -0.2) is 30.1 Å². The van der Waals surface area contributed by atoms with E-state index in [0.29, 0.717) is 19.6 Å². The van der Waals surface area contributed by atoms with Crippen molar-refractivity contribution in [3.8, 4) is 5.75 Å². The number of hydrogen-bond acceptors (Lipinski definition) is 3. The molecule has 1 saturated heterocycles. The van der Waals surface area contributed by atoms with E-state index in [9.17, 15) is 4.79 Å². The molecule has 0 N–H and O–H groups in total. The summed E-state index contributed by atoms with van der Waals surface area (Å²) in [6.07, 6.45) is 15.7. The first-order valence-electron chi connectivity index (χ1n) is 14.3. The summed E-state index contributed by atoms with van der Waals surface area (Å²) in [6, 6.07) is 18.6. The fraction of sp³-hybridized carbons (Fsp3) is 0.594. The van der Waals surface area contributed by atoms with Crippen molar-refractivity contribution in [2.45, 2.75) is 116 Å². The lowest BCUT2D eigenvalue weighted by atomic mass is 9.92. The molecule has 0 unspecified atom stereocenters. The minimum atomic E-state index is 0.0831. The van der Waals surface area contributed by atoms with Crippen molar-refractivity contribution in [2.24, 2.45) is 0 Å². The second-order valence-electron chi connectivity index (χ2n) is 10.3. The minimum Gasteiger partial charge on any atom is -0.497 e. The number of ether oxygens (including phenoxy) is 2. The number of piperidine rings is 1. The molecule has 198 valence electrons. The Kier molecular flexibility index (Phi) is 12.9. The van der Waals surface area contributed by atoms with Gasteiger partial charge in [-0.3, -0.25) is 4.79 Å². The number of unbranched alkanes of at least 4 members (excludes halogenated alkanes) is 9. The second-order valence-corrected chi connectivity index (χ2v) is 10.3. The van der Waals surface area contributed by atoms with Crippen molar-refractivity contribution >= 4 is 5.91 Å². The molecule has 0 radical (unpaired) electrons. The van der Waals surface area contributed by atoms with E-state index in [1.54, 1.807) is 7.11 Å². The molecule has 1 aliphatic rings. The maximum absolute atomic E-state index is 13.1.